The van der Waals surface area contributed by atoms with Gasteiger partial charge < -0.3 is 9.80 Å². The van der Waals surface area contributed by atoms with Gasteiger partial charge in [0.05, 0.1) is 11.8 Å². The lowest BCUT2D eigenvalue weighted by Crippen LogP contribution is -2.45. The van der Waals surface area contributed by atoms with Crippen LogP contribution in [-0.4, -0.2) is 48.8 Å². The number of hydrogen-bond acceptors (Lipinski definition) is 2. The number of likely N-dealkylation sites (tertiary alicyclic amines) is 1. The predicted octanol–water partition coefficient (Wildman–Crippen LogP) is 4.45. The molecule has 0 saturated carbocycles. The van der Waals surface area contributed by atoms with E-state index < -0.39 is 5.41 Å². The molecule has 0 aliphatic carbocycles. The van der Waals surface area contributed by atoms with Gasteiger partial charge in [-0.3, -0.25) is 9.59 Å². The van der Waals surface area contributed by atoms with Gasteiger partial charge in [-0.15, -0.1) is 0 Å². The number of amides is 2. The molecule has 3 aromatic rings. The highest BCUT2D eigenvalue weighted by molar-refractivity contribution is 5.86. The maximum Gasteiger partial charge on any atom is 0.230 e. The summed E-state index contributed by atoms with van der Waals surface area (Å²) in [6, 6.07) is 28.4. The molecule has 1 heterocycles. The van der Waals surface area contributed by atoms with E-state index in [9.17, 15) is 9.59 Å². The van der Waals surface area contributed by atoms with Gasteiger partial charge in [0.1, 0.15) is 0 Å². The quantitative estimate of drug-likeness (QED) is 0.584. The number of carbonyl (C=O) groups is 2. The van der Waals surface area contributed by atoms with E-state index in [1.165, 1.54) is 0 Å². The maximum atomic E-state index is 13.4. The minimum atomic E-state index is -0.610. The molecule has 32 heavy (non-hydrogen) atoms. The Bertz CT molecular complexity index is 1080. The molecule has 1 atom stereocenters. The molecule has 164 valence electrons. The SMILES string of the molecule is CN(C)C(=O)[C@]1(Cc2ccccc2-c2ccccc2)CCN(C(=O)Cc2ccccc2)C1. The third-order valence-electron chi connectivity index (χ3n) is 6.40. The van der Waals surface area contributed by atoms with Crippen molar-refractivity contribution in [2.24, 2.45) is 5.41 Å². The summed E-state index contributed by atoms with van der Waals surface area (Å²) in [4.78, 5) is 30.0. The molecule has 0 bridgehead atoms. The lowest BCUT2D eigenvalue weighted by atomic mass is 9.77. The zero-order valence-electron chi connectivity index (χ0n) is 18.8. The lowest BCUT2D eigenvalue weighted by Gasteiger charge is -2.32. The summed E-state index contributed by atoms with van der Waals surface area (Å²) in [5.41, 5.74) is 3.83. The molecule has 2 amide bonds. The zero-order chi connectivity index (χ0) is 22.6. The van der Waals surface area contributed by atoms with E-state index in [-0.39, 0.29) is 11.8 Å². The second kappa shape index (κ2) is 9.39. The van der Waals surface area contributed by atoms with Gasteiger partial charge in [-0.1, -0.05) is 84.9 Å². The monoisotopic (exact) mass is 426 g/mol. The van der Waals surface area contributed by atoms with Gasteiger partial charge in [0.2, 0.25) is 11.8 Å². The van der Waals surface area contributed by atoms with E-state index in [0.717, 1.165) is 22.3 Å². The first-order valence-electron chi connectivity index (χ1n) is 11.2. The molecular formula is C28H30N2O2. The molecule has 0 aromatic heterocycles. The normalized spacial score (nSPS) is 17.9. The molecule has 1 aliphatic rings. The van der Waals surface area contributed by atoms with Crippen molar-refractivity contribution in [3.8, 4) is 11.1 Å². The Labute approximate surface area is 190 Å². The number of benzene rings is 3. The Morgan fingerprint density at radius 3 is 2.19 bits per heavy atom. The van der Waals surface area contributed by atoms with Crippen molar-refractivity contribution in [3.63, 3.8) is 0 Å². The van der Waals surface area contributed by atoms with Crippen LogP contribution in [0.2, 0.25) is 0 Å². The van der Waals surface area contributed by atoms with Crippen LogP contribution in [0.3, 0.4) is 0 Å². The second-order valence-corrected chi connectivity index (χ2v) is 8.91. The van der Waals surface area contributed by atoms with Crippen molar-refractivity contribution in [2.45, 2.75) is 19.3 Å². The van der Waals surface area contributed by atoms with Crippen LogP contribution in [0.25, 0.3) is 11.1 Å². The van der Waals surface area contributed by atoms with Crippen LogP contribution >= 0.6 is 0 Å². The molecule has 1 fully saturated rings. The van der Waals surface area contributed by atoms with E-state index in [0.29, 0.717) is 32.4 Å². The van der Waals surface area contributed by atoms with E-state index in [4.69, 9.17) is 0 Å². The number of hydrogen-bond donors (Lipinski definition) is 0. The van der Waals surface area contributed by atoms with Crippen molar-refractivity contribution in [2.75, 3.05) is 27.2 Å². The standard InChI is InChI=1S/C28H30N2O2/c1-29(2)27(32)28(17-18-30(21-28)26(31)19-22-11-5-3-6-12-22)20-24-15-9-10-16-25(24)23-13-7-4-8-14-23/h3-16H,17-21H2,1-2H3/t28-/m0/s1. The van der Waals surface area contributed by atoms with Crippen LogP contribution in [0.1, 0.15) is 17.5 Å². The molecule has 1 saturated heterocycles. The molecule has 0 N–H and O–H groups in total. The summed E-state index contributed by atoms with van der Waals surface area (Å²) in [5, 5.41) is 0. The van der Waals surface area contributed by atoms with E-state index in [2.05, 4.69) is 24.3 Å². The minimum Gasteiger partial charge on any atom is -0.348 e. The molecular weight excluding hydrogens is 396 g/mol. The Kier molecular flexibility index (Phi) is 6.40. The Morgan fingerprint density at radius 1 is 0.875 bits per heavy atom. The maximum absolute atomic E-state index is 13.4. The van der Waals surface area contributed by atoms with Gasteiger partial charge in [0.25, 0.3) is 0 Å². The zero-order valence-corrected chi connectivity index (χ0v) is 18.8. The summed E-state index contributed by atoms with van der Waals surface area (Å²) >= 11 is 0. The molecule has 0 unspecified atom stereocenters. The van der Waals surface area contributed by atoms with Gasteiger partial charge in [-0.2, -0.15) is 0 Å². The van der Waals surface area contributed by atoms with E-state index in [1.807, 2.05) is 79.7 Å². The average molecular weight is 427 g/mol. The molecule has 0 radical (unpaired) electrons. The summed E-state index contributed by atoms with van der Waals surface area (Å²) in [5.74, 6) is 0.177. The smallest absolute Gasteiger partial charge is 0.230 e. The Hall–Kier alpha value is -3.40. The van der Waals surface area contributed by atoms with Gasteiger partial charge in [-0.05, 0) is 35.1 Å². The van der Waals surface area contributed by atoms with E-state index >= 15 is 0 Å². The first-order chi connectivity index (χ1) is 15.5. The van der Waals surface area contributed by atoms with Crippen molar-refractivity contribution in [1.82, 2.24) is 9.80 Å². The molecule has 1 aliphatic heterocycles. The molecule has 4 heteroatoms. The Morgan fingerprint density at radius 2 is 1.50 bits per heavy atom. The lowest BCUT2D eigenvalue weighted by molar-refractivity contribution is -0.139. The fourth-order valence-corrected chi connectivity index (χ4v) is 4.77. The minimum absolute atomic E-state index is 0.0842. The van der Waals surface area contributed by atoms with Gasteiger partial charge in [0.15, 0.2) is 0 Å². The van der Waals surface area contributed by atoms with Gasteiger partial charge in [-0.25, -0.2) is 0 Å². The van der Waals surface area contributed by atoms with Crippen LogP contribution in [0.15, 0.2) is 84.9 Å². The van der Waals surface area contributed by atoms with Crippen LogP contribution in [0.4, 0.5) is 0 Å². The average Bonchev–Trinajstić information content (AvgIpc) is 3.25. The topological polar surface area (TPSA) is 40.6 Å². The Balaban J connectivity index is 1.61. The van der Waals surface area contributed by atoms with Crippen molar-refractivity contribution in [3.05, 3.63) is 96.1 Å². The van der Waals surface area contributed by atoms with Crippen LogP contribution < -0.4 is 0 Å². The number of rotatable bonds is 6. The third kappa shape index (κ3) is 4.59. The highest BCUT2D eigenvalue weighted by Gasteiger charge is 2.46. The van der Waals surface area contributed by atoms with Gasteiger partial charge in [0, 0.05) is 27.2 Å². The van der Waals surface area contributed by atoms with Gasteiger partial charge >= 0.3 is 0 Å². The second-order valence-electron chi connectivity index (χ2n) is 8.91. The van der Waals surface area contributed by atoms with Crippen molar-refractivity contribution < 1.29 is 9.59 Å². The van der Waals surface area contributed by atoms with E-state index in [1.54, 1.807) is 4.90 Å². The van der Waals surface area contributed by atoms with Crippen LogP contribution in [0, 0.1) is 5.41 Å². The molecule has 4 rings (SSSR count). The predicted molar refractivity (Wildman–Crippen MR) is 128 cm³/mol. The first-order valence-corrected chi connectivity index (χ1v) is 11.2. The molecule has 0 spiro atoms. The number of nitrogens with zero attached hydrogens (tertiary/aromatic N) is 2. The summed E-state index contributed by atoms with van der Waals surface area (Å²) in [6.07, 6.45) is 1.66. The highest BCUT2D eigenvalue weighted by atomic mass is 16.2. The molecule has 4 nitrogen and oxygen atoms in total. The van der Waals surface area contributed by atoms with Crippen LogP contribution in [-0.2, 0) is 22.4 Å². The largest absolute Gasteiger partial charge is 0.348 e. The van der Waals surface area contributed by atoms with Crippen LogP contribution in [0.5, 0.6) is 0 Å². The van der Waals surface area contributed by atoms with Crippen molar-refractivity contribution in [1.29, 1.82) is 0 Å². The first kappa shape index (κ1) is 21.8. The fourth-order valence-electron chi connectivity index (χ4n) is 4.77. The summed E-state index contributed by atoms with van der Waals surface area (Å²) in [6.45, 7) is 1.07. The summed E-state index contributed by atoms with van der Waals surface area (Å²) < 4.78 is 0. The number of carbonyl (C=O) groups excluding carboxylic acids is 2. The van der Waals surface area contributed by atoms with Crippen molar-refractivity contribution >= 4 is 11.8 Å². The summed E-state index contributed by atoms with van der Waals surface area (Å²) in [7, 11) is 3.61. The molecule has 3 aromatic carbocycles. The highest BCUT2D eigenvalue weighted by Crippen LogP contribution is 2.38. The fraction of sp³-hybridized carbons (Fsp3) is 0.286. The third-order valence-corrected chi connectivity index (χ3v) is 6.40.